The summed E-state index contributed by atoms with van der Waals surface area (Å²) in [4.78, 5) is 54.7. The van der Waals surface area contributed by atoms with Crippen molar-refractivity contribution in [2.45, 2.75) is 65.0 Å². The van der Waals surface area contributed by atoms with E-state index in [-0.39, 0.29) is 55.0 Å². The van der Waals surface area contributed by atoms with Crippen LogP contribution in [-0.4, -0.2) is 52.6 Å². The van der Waals surface area contributed by atoms with Gasteiger partial charge in [-0.15, -0.1) is 0 Å². The van der Waals surface area contributed by atoms with E-state index in [9.17, 15) is 19.2 Å². The molecule has 1 aliphatic carbocycles. The number of unbranched alkanes of at least 4 members (excludes halogenated alkanes) is 1. The van der Waals surface area contributed by atoms with Crippen molar-refractivity contribution in [3.63, 3.8) is 0 Å². The molecule has 190 valence electrons. The number of nitrogens with zero attached hydrogens (tertiary/aromatic N) is 2. The van der Waals surface area contributed by atoms with Crippen LogP contribution in [0, 0.1) is 11.8 Å². The molecule has 0 saturated carbocycles. The quantitative estimate of drug-likeness (QED) is 0.266. The fourth-order valence-electron chi connectivity index (χ4n) is 4.70. The van der Waals surface area contributed by atoms with Gasteiger partial charge in [0.05, 0.1) is 11.8 Å². The number of allylic oxidation sites excluding steroid dienone is 2. The molecule has 1 aliphatic heterocycles. The van der Waals surface area contributed by atoms with Crippen molar-refractivity contribution in [2.75, 3.05) is 13.1 Å². The molecular formula is C26H33Cl2N3O4. The second-order valence-electron chi connectivity index (χ2n) is 9.06. The summed E-state index contributed by atoms with van der Waals surface area (Å²) in [5.74, 6) is -1.65. The van der Waals surface area contributed by atoms with E-state index in [2.05, 4.69) is 5.32 Å². The first-order chi connectivity index (χ1) is 16.8. The minimum absolute atomic E-state index is 0.00222. The van der Waals surface area contributed by atoms with E-state index in [1.54, 1.807) is 18.2 Å². The third-order valence-electron chi connectivity index (χ3n) is 6.72. The number of rotatable bonds is 11. The molecule has 0 bridgehead atoms. The molecule has 9 heteroatoms. The van der Waals surface area contributed by atoms with Crippen LogP contribution in [0.1, 0.15) is 57.9 Å². The Kier molecular flexibility index (Phi) is 9.75. The molecule has 1 aromatic carbocycles. The summed E-state index contributed by atoms with van der Waals surface area (Å²) in [6, 6.07) is 4.31. The summed E-state index contributed by atoms with van der Waals surface area (Å²) in [7, 11) is 0. The average Bonchev–Trinajstić information content (AvgIpc) is 3.08. The molecule has 1 N–H and O–H groups in total. The van der Waals surface area contributed by atoms with Crippen molar-refractivity contribution in [2.24, 2.45) is 11.8 Å². The molecule has 2 aliphatic rings. The summed E-state index contributed by atoms with van der Waals surface area (Å²) in [5, 5.41) is 3.79. The summed E-state index contributed by atoms with van der Waals surface area (Å²) in [6.45, 7) is 4.53. The van der Waals surface area contributed by atoms with Gasteiger partial charge in [0.25, 0.3) is 0 Å². The molecule has 4 amide bonds. The molecule has 1 aromatic rings. The van der Waals surface area contributed by atoms with Gasteiger partial charge in [-0.2, -0.15) is 0 Å². The van der Waals surface area contributed by atoms with Crippen molar-refractivity contribution < 1.29 is 19.2 Å². The first-order valence-corrected chi connectivity index (χ1v) is 13.0. The van der Waals surface area contributed by atoms with Gasteiger partial charge in [-0.25, -0.2) is 0 Å². The fraction of sp³-hybridized carbons (Fsp3) is 0.538. The van der Waals surface area contributed by atoms with Crippen molar-refractivity contribution >= 4 is 46.8 Å². The summed E-state index contributed by atoms with van der Waals surface area (Å²) < 4.78 is 0. The normalized spacial score (nSPS) is 20.1. The van der Waals surface area contributed by atoms with Crippen LogP contribution in [-0.2, 0) is 25.7 Å². The van der Waals surface area contributed by atoms with Crippen LogP contribution in [0.25, 0.3) is 0 Å². The predicted octanol–water partition coefficient (Wildman–Crippen LogP) is 4.36. The van der Waals surface area contributed by atoms with Crippen LogP contribution in [0.4, 0.5) is 0 Å². The second kappa shape index (κ2) is 12.5. The molecule has 1 unspecified atom stereocenters. The summed E-state index contributed by atoms with van der Waals surface area (Å²) in [6.07, 6.45) is 7.10. The third-order valence-corrected chi connectivity index (χ3v) is 7.31. The smallest absolute Gasteiger partial charge is 0.242 e. The van der Waals surface area contributed by atoms with Crippen LogP contribution in [0.2, 0.25) is 10.0 Å². The lowest BCUT2D eigenvalue weighted by molar-refractivity contribution is -0.144. The minimum atomic E-state index is -0.706. The first kappa shape index (κ1) is 27.2. The molecule has 3 rings (SSSR count). The van der Waals surface area contributed by atoms with Gasteiger partial charge in [-0.05, 0) is 43.4 Å². The number of hydrogen-bond acceptors (Lipinski definition) is 4. The summed E-state index contributed by atoms with van der Waals surface area (Å²) in [5.41, 5.74) is 0.662. The van der Waals surface area contributed by atoms with E-state index in [0.717, 1.165) is 12.8 Å². The van der Waals surface area contributed by atoms with Crippen LogP contribution in [0.3, 0.4) is 0 Å². The highest BCUT2D eigenvalue weighted by Gasteiger charge is 2.47. The standard InChI is InChI=1S/C26H33Cl2N3O4/c1-3-5-13-29-24(33)22(4-2)31(16-17-10-11-18(27)15-21(17)28)23(32)12-14-30-25(34)19-8-6-7-9-20(19)26(30)35/h6-7,10-11,15,19-20,22H,3-5,8-9,12-14,16H2,1-2H3,(H,29,33)/t19-,20+,22?. The second-order valence-corrected chi connectivity index (χ2v) is 9.90. The molecule has 0 aromatic heterocycles. The minimum Gasteiger partial charge on any atom is -0.354 e. The number of carbonyl (C=O) groups is 4. The lowest BCUT2D eigenvalue weighted by atomic mass is 9.85. The average molecular weight is 522 g/mol. The van der Waals surface area contributed by atoms with Gasteiger partial charge >= 0.3 is 0 Å². The highest BCUT2D eigenvalue weighted by Crippen LogP contribution is 2.35. The molecule has 7 nitrogen and oxygen atoms in total. The number of amides is 4. The maximum absolute atomic E-state index is 13.5. The third kappa shape index (κ3) is 6.44. The molecule has 1 fully saturated rings. The van der Waals surface area contributed by atoms with Crippen LogP contribution >= 0.6 is 23.2 Å². The molecule has 1 heterocycles. The Hall–Kier alpha value is -2.38. The molecule has 1 saturated heterocycles. The van der Waals surface area contributed by atoms with Crippen molar-refractivity contribution in [1.82, 2.24) is 15.1 Å². The highest BCUT2D eigenvalue weighted by molar-refractivity contribution is 6.35. The number of imide groups is 1. The van der Waals surface area contributed by atoms with E-state index in [4.69, 9.17) is 23.2 Å². The van der Waals surface area contributed by atoms with Gasteiger partial charge in [-0.3, -0.25) is 24.1 Å². The number of nitrogens with one attached hydrogen (secondary N) is 1. The first-order valence-electron chi connectivity index (χ1n) is 12.3. The van der Waals surface area contributed by atoms with E-state index in [0.29, 0.717) is 41.4 Å². The molecule has 3 atom stereocenters. The molecular weight excluding hydrogens is 489 g/mol. The number of carbonyl (C=O) groups excluding carboxylic acids is 4. The monoisotopic (exact) mass is 521 g/mol. The Balaban J connectivity index is 1.76. The number of halogens is 2. The van der Waals surface area contributed by atoms with E-state index < -0.39 is 6.04 Å². The van der Waals surface area contributed by atoms with Gasteiger partial charge < -0.3 is 10.2 Å². The van der Waals surface area contributed by atoms with Gasteiger partial charge in [0.15, 0.2) is 0 Å². The Morgan fingerprint density at radius 2 is 1.77 bits per heavy atom. The van der Waals surface area contributed by atoms with Crippen molar-refractivity contribution in [1.29, 1.82) is 0 Å². The molecule has 0 spiro atoms. The Labute approximate surface area is 216 Å². The van der Waals surface area contributed by atoms with Gasteiger partial charge in [-0.1, -0.05) is 61.7 Å². The molecule has 0 radical (unpaired) electrons. The van der Waals surface area contributed by atoms with E-state index in [1.165, 1.54) is 9.80 Å². The van der Waals surface area contributed by atoms with Gasteiger partial charge in [0, 0.05) is 36.1 Å². The Bertz CT molecular complexity index is 971. The van der Waals surface area contributed by atoms with E-state index in [1.807, 2.05) is 26.0 Å². The van der Waals surface area contributed by atoms with Crippen LogP contribution in [0.15, 0.2) is 30.4 Å². The lowest BCUT2D eigenvalue weighted by Gasteiger charge is -2.31. The SMILES string of the molecule is CCCCNC(=O)C(CC)N(Cc1ccc(Cl)cc1Cl)C(=O)CCN1C(=O)[C@H]2CC=CC[C@H]2C1=O. The highest BCUT2D eigenvalue weighted by atomic mass is 35.5. The van der Waals surface area contributed by atoms with Gasteiger partial charge in [0.1, 0.15) is 6.04 Å². The zero-order valence-electron chi connectivity index (χ0n) is 20.3. The predicted molar refractivity (Wildman–Crippen MR) is 136 cm³/mol. The lowest BCUT2D eigenvalue weighted by Crippen LogP contribution is -2.50. The molecule has 35 heavy (non-hydrogen) atoms. The number of benzene rings is 1. The number of hydrogen-bond donors (Lipinski definition) is 1. The van der Waals surface area contributed by atoms with Crippen LogP contribution in [0.5, 0.6) is 0 Å². The maximum atomic E-state index is 13.5. The largest absolute Gasteiger partial charge is 0.354 e. The summed E-state index contributed by atoms with van der Waals surface area (Å²) >= 11 is 12.4. The van der Waals surface area contributed by atoms with Crippen LogP contribution < -0.4 is 5.32 Å². The fourth-order valence-corrected chi connectivity index (χ4v) is 5.17. The van der Waals surface area contributed by atoms with Crippen molar-refractivity contribution in [3.8, 4) is 0 Å². The number of likely N-dealkylation sites (tertiary alicyclic amines) is 1. The zero-order chi connectivity index (χ0) is 25.5. The zero-order valence-corrected chi connectivity index (χ0v) is 21.8. The van der Waals surface area contributed by atoms with Gasteiger partial charge in [0.2, 0.25) is 23.6 Å². The van der Waals surface area contributed by atoms with Crippen molar-refractivity contribution in [3.05, 3.63) is 46.0 Å². The maximum Gasteiger partial charge on any atom is 0.242 e. The van der Waals surface area contributed by atoms with E-state index >= 15 is 0 Å². The Morgan fingerprint density at radius 1 is 1.11 bits per heavy atom. The Morgan fingerprint density at radius 3 is 2.34 bits per heavy atom. The topological polar surface area (TPSA) is 86.8 Å². The number of fused-ring (bicyclic) bond motifs is 1.